The number of rotatable bonds is 3. The first-order valence-corrected chi connectivity index (χ1v) is 5.96. The normalized spacial score (nSPS) is 14.9. The van der Waals surface area contributed by atoms with Gasteiger partial charge in [0, 0.05) is 6.04 Å². The molecule has 84 valence electrons. The summed E-state index contributed by atoms with van der Waals surface area (Å²) in [6.07, 6.45) is 1.12. The van der Waals surface area contributed by atoms with Crippen LogP contribution in [0.2, 0.25) is 0 Å². The molecule has 1 heteroatoms. The molecule has 0 heterocycles. The molecule has 0 spiro atoms. The Labute approximate surface area is 97.3 Å². The fourth-order valence-corrected chi connectivity index (χ4v) is 2.00. The van der Waals surface area contributed by atoms with Crippen LogP contribution >= 0.6 is 0 Å². The average Bonchev–Trinajstić information content (AvgIpc) is 2.36. The van der Waals surface area contributed by atoms with Crippen molar-refractivity contribution in [3.8, 4) is 0 Å². The molecule has 2 N–H and O–H groups in total. The monoisotopic (exact) mass is 213 g/mol. The molecule has 0 bridgehead atoms. The summed E-state index contributed by atoms with van der Waals surface area (Å²) in [4.78, 5) is 0. The summed E-state index contributed by atoms with van der Waals surface area (Å²) in [5.74, 6) is 0.529. The maximum Gasteiger partial charge on any atom is 0.0320 e. The van der Waals surface area contributed by atoms with E-state index >= 15 is 0 Å². The Kier molecular flexibility index (Phi) is 3.25. The highest BCUT2D eigenvalue weighted by atomic mass is 14.6. The molecule has 0 saturated heterocycles. The van der Waals surface area contributed by atoms with Crippen molar-refractivity contribution in [3.63, 3.8) is 0 Å². The third-order valence-electron chi connectivity index (χ3n) is 3.42. The van der Waals surface area contributed by atoms with E-state index in [0.29, 0.717) is 5.92 Å². The quantitative estimate of drug-likeness (QED) is 0.822. The summed E-state index contributed by atoms with van der Waals surface area (Å²) in [5.41, 5.74) is 7.48. The summed E-state index contributed by atoms with van der Waals surface area (Å²) in [6, 6.07) is 15.1. The van der Waals surface area contributed by atoms with E-state index in [1.165, 1.54) is 16.3 Å². The van der Waals surface area contributed by atoms with Gasteiger partial charge >= 0.3 is 0 Å². The molecule has 0 aliphatic rings. The minimum atomic E-state index is 0.148. The van der Waals surface area contributed by atoms with E-state index in [0.717, 1.165) is 6.42 Å². The van der Waals surface area contributed by atoms with Crippen LogP contribution in [0.25, 0.3) is 10.8 Å². The predicted octanol–water partition coefficient (Wildman–Crippen LogP) is 3.89. The predicted molar refractivity (Wildman–Crippen MR) is 70.3 cm³/mol. The van der Waals surface area contributed by atoms with Gasteiger partial charge in [0.25, 0.3) is 0 Å². The van der Waals surface area contributed by atoms with E-state index in [2.05, 4.69) is 56.3 Å². The van der Waals surface area contributed by atoms with E-state index in [1.54, 1.807) is 0 Å². The topological polar surface area (TPSA) is 26.0 Å². The summed E-state index contributed by atoms with van der Waals surface area (Å²) in [6.45, 7) is 4.39. The number of hydrogen-bond acceptors (Lipinski definition) is 1. The zero-order valence-corrected chi connectivity index (χ0v) is 9.98. The number of benzene rings is 2. The summed E-state index contributed by atoms with van der Waals surface area (Å²) in [5, 5.41) is 2.56. The highest BCUT2D eigenvalue weighted by Crippen LogP contribution is 2.25. The molecule has 2 atom stereocenters. The number of hydrogen-bond donors (Lipinski definition) is 1. The lowest BCUT2D eigenvalue weighted by molar-refractivity contribution is 0.457. The highest BCUT2D eigenvalue weighted by Gasteiger charge is 2.12. The van der Waals surface area contributed by atoms with Gasteiger partial charge in [0.05, 0.1) is 0 Å². The Hall–Kier alpha value is -1.34. The molecule has 1 nitrogen and oxygen atoms in total. The first-order chi connectivity index (χ1) is 7.72. The van der Waals surface area contributed by atoms with Crippen LogP contribution in [0.3, 0.4) is 0 Å². The molecule has 0 aromatic heterocycles. The van der Waals surface area contributed by atoms with Crippen LogP contribution in [-0.4, -0.2) is 0 Å². The Morgan fingerprint density at radius 2 is 1.75 bits per heavy atom. The van der Waals surface area contributed by atoms with Gasteiger partial charge in [-0.25, -0.2) is 0 Å². The molecule has 16 heavy (non-hydrogen) atoms. The fraction of sp³-hybridized carbons (Fsp3) is 0.333. The Morgan fingerprint density at radius 3 is 2.44 bits per heavy atom. The van der Waals surface area contributed by atoms with Crippen LogP contribution in [0.15, 0.2) is 42.5 Å². The van der Waals surface area contributed by atoms with Gasteiger partial charge in [-0.05, 0) is 28.3 Å². The second-order valence-electron chi connectivity index (χ2n) is 4.52. The second kappa shape index (κ2) is 4.67. The largest absolute Gasteiger partial charge is 0.324 e. The van der Waals surface area contributed by atoms with Crippen molar-refractivity contribution in [1.82, 2.24) is 0 Å². The van der Waals surface area contributed by atoms with Gasteiger partial charge < -0.3 is 5.73 Å². The minimum absolute atomic E-state index is 0.148. The molecule has 0 amide bonds. The van der Waals surface area contributed by atoms with Crippen LogP contribution in [0.4, 0.5) is 0 Å². The van der Waals surface area contributed by atoms with E-state index < -0.39 is 0 Å². The van der Waals surface area contributed by atoms with Crippen LogP contribution in [0.1, 0.15) is 31.9 Å². The van der Waals surface area contributed by atoms with E-state index in [-0.39, 0.29) is 6.04 Å². The van der Waals surface area contributed by atoms with Crippen molar-refractivity contribution in [2.45, 2.75) is 26.3 Å². The van der Waals surface area contributed by atoms with Crippen LogP contribution < -0.4 is 5.73 Å². The fourth-order valence-electron chi connectivity index (χ4n) is 2.00. The van der Waals surface area contributed by atoms with Gasteiger partial charge in [-0.1, -0.05) is 56.7 Å². The maximum absolute atomic E-state index is 6.24. The average molecular weight is 213 g/mol. The third kappa shape index (κ3) is 2.10. The molecule has 2 aromatic rings. The Bertz CT molecular complexity index is 476. The number of fused-ring (bicyclic) bond motifs is 1. The van der Waals surface area contributed by atoms with Crippen molar-refractivity contribution < 1.29 is 0 Å². The van der Waals surface area contributed by atoms with E-state index in [9.17, 15) is 0 Å². The van der Waals surface area contributed by atoms with Gasteiger partial charge in [-0.3, -0.25) is 0 Å². The summed E-state index contributed by atoms with van der Waals surface area (Å²) in [7, 11) is 0. The molecule has 0 aliphatic carbocycles. The molecule has 1 unspecified atom stereocenters. The molecule has 2 aromatic carbocycles. The molecule has 2 rings (SSSR count). The third-order valence-corrected chi connectivity index (χ3v) is 3.42. The zero-order chi connectivity index (χ0) is 11.5. The first-order valence-electron chi connectivity index (χ1n) is 5.96. The van der Waals surface area contributed by atoms with Gasteiger partial charge in [0.1, 0.15) is 0 Å². The van der Waals surface area contributed by atoms with Crippen molar-refractivity contribution in [3.05, 3.63) is 48.0 Å². The molecule has 0 fully saturated rings. The molecule has 0 aliphatic heterocycles. The highest BCUT2D eigenvalue weighted by molar-refractivity contribution is 5.83. The Morgan fingerprint density at radius 1 is 1.06 bits per heavy atom. The van der Waals surface area contributed by atoms with Gasteiger partial charge in [0.2, 0.25) is 0 Å². The lowest BCUT2D eigenvalue weighted by atomic mass is 9.92. The van der Waals surface area contributed by atoms with Crippen molar-refractivity contribution in [1.29, 1.82) is 0 Å². The standard InChI is InChI=1S/C15H19N/c1-3-11(2)15(16)14-9-8-12-6-4-5-7-13(12)10-14/h4-11,15H,3,16H2,1-2H3/t11?,15-/m0/s1. The van der Waals surface area contributed by atoms with Crippen LogP contribution in [0.5, 0.6) is 0 Å². The molecular weight excluding hydrogens is 194 g/mol. The van der Waals surface area contributed by atoms with Gasteiger partial charge in [0.15, 0.2) is 0 Å². The Balaban J connectivity index is 2.39. The van der Waals surface area contributed by atoms with E-state index in [1.807, 2.05) is 0 Å². The molecular formula is C15H19N. The zero-order valence-electron chi connectivity index (χ0n) is 9.98. The second-order valence-corrected chi connectivity index (χ2v) is 4.52. The van der Waals surface area contributed by atoms with Gasteiger partial charge in [-0.2, -0.15) is 0 Å². The lowest BCUT2D eigenvalue weighted by Gasteiger charge is -2.19. The smallest absolute Gasteiger partial charge is 0.0320 e. The number of nitrogens with two attached hydrogens (primary N) is 1. The molecule has 0 saturated carbocycles. The van der Waals surface area contributed by atoms with Crippen molar-refractivity contribution in [2.24, 2.45) is 11.7 Å². The van der Waals surface area contributed by atoms with E-state index in [4.69, 9.17) is 5.73 Å². The van der Waals surface area contributed by atoms with Crippen molar-refractivity contribution >= 4 is 10.8 Å². The SMILES string of the molecule is CCC(C)[C@H](N)c1ccc2ccccc2c1. The summed E-state index contributed by atoms with van der Waals surface area (Å²) < 4.78 is 0. The van der Waals surface area contributed by atoms with Crippen molar-refractivity contribution in [2.75, 3.05) is 0 Å². The first kappa shape index (κ1) is 11.2. The molecule has 0 radical (unpaired) electrons. The lowest BCUT2D eigenvalue weighted by Crippen LogP contribution is -2.18. The van der Waals surface area contributed by atoms with Gasteiger partial charge in [-0.15, -0.1) is 0 Å². The van der Waals surface area contributed by atoms with Crippen LogP contribution in [-0.2, 0) is 0 Å². The maximum atomic E-state index is 6.24. The van der Waals surface area contributed by atoms with Crippen LogP contribution in [0, 0.1) is 5.92 Å². The minimum Gasteiger partial charge on any atom is -0.324 e. The summed E-state index contributed by atoms with van der Waals surface area (Å²) >= 11 is 0.